The molecule has 2 rings (SSSR count). The second kappa shape index (κ2) is 9.78. The van der Waals surface area contributed by atoms with Crippen LogP contribution in [0.25, 0.3) is 0 Å². The van der Waals surface area contributed by atoms with Gasteiger partial charge >= 0.3 is 165 Å². The van der Waals surface area contributed by atoms with Gasteiger partial charge in [0, 0.05) is 0 Å². The van der Waals surface area contributed by atoms with Crippen LogP contribution in [0.3, 0.4) is 0 Å². The first kappa shape index (κ1) is 27.2. The number of allylic oxidation sites excluding steroid dienone is 4. The summed E-state index contributed by atoms with van der Waals surface area (Å²) in [5.74, 6) is 1.14. The monoisotopic (exact) mass is 532 g/mol. The zero-order valence-electron chi connectivity index (χ0n) is 18.3. The molecule has 0 heterocycles. The molecule has 1 aliphatic rings. The first-order chi connectivity index (χ1) is 11.3. The van der Waals surface area contributed by atoms with Gasteiger partial charge in [-0.15, -0.1) is 0 Å². The average Bonchev–Trinajstić information content (AvgIpc) is 2.94. The molecule has 0 aromatic heterocycles. The predicted molar refractivity (Wildman–Crippen MR) is 105 cm³/mol. The molecular formula is C23H34Br2OTi. The van der Waals surface area contributed by atoms with Crippen molar-refractivity contribution in [2.75, 3.05) is 0 Å². The standard InChI is InChI=1S/C18H30O.C5H5.2BrH.Ti/c1-16(2,3)12-10-13(17(4,5)6)15(19)14(11-12)18(7,8)9;1-2-4-5-3-1;;;/h10-11,19H,1-9H3;1-3H,4H2;2*1H;/q;;;;+3/p-3. The van der Waals surface area contributed by atoms with Crippen LogP contribution in [0, 0.1) is 0 Å². The van der Waals surface area contributed by atoms with Crippen molar-refractivity contribution in [3.8, 4) is 5.75 Å². The summed E-state index contributed by atoms with van der Waals surface area (Å²) >= 11 is -0.578. The van der Waals surface area contributed by atoms with Crippen molar-refractivity contribution in [3.05, 3.63) is 50.9 Å². The first-order valence-corrected chi connectivity index (χ1v) is 10.7. The quantitative estimate of drug-likeness (QED) is 0.523. The minimum absolute atomic E-state index is 0. The Balaban J connectivity index is 0.00000338. The first-order valence-electron chi connectivity index (χ1n) is 9.28. The van der Waals surface area contributed by atoms with Gasteiger partial charge < -0.3 is 34.0 Å². The number of benzene rings is 1. The molecule has 27 heavy (non-hydrogen) atoms. The van der Waals surface area contributed by atoms with Crippen molar-refractivity contribution in [3.63, 3.8) is 0 Å². The summed E-state index contributed by atoms with van der Waals surface area (Å²) < 4.78 is 8.06. The smallest absolute Gasteiger partial charge is 1.00 e. The molecule has 1 aromatic carbocycles. The molecule has 1 aliphatic carbocycles. The van der Waals surface area contributed by atoms with Gasteiger partial charge in [-0.1, -0.05) is 0 Å². The molecule has 0 N–H and O–H groups in total. The molecule has 0 fully saturated rings. The summed E-state index contributed by atoms with van der Waals surface area (Å²) in [6, 6.07) is 4.77. The van der Waals surface area contributed by atoms with E-state index in [9.17, 15) is 0 Å². The number of halogens is 2. The van der Waals surface area contributed by atoms with Crippen LogP contribution in [-0.4, -0.2) is 0 Å². The van der Waals surface area contributed by atoms with Crippen LogP contribution in [0.5, 0.6) is 5.75 Å². The Labute approximate surface area is 197 Å². The zero-order chi connectivity index (χ0) is 19.0. The normalized spacial score (nSPS) is 14.0. The van der Waals surface area contributed by atoms with E-state index in [1.165, 1.54) is 20.6 Å². The summed E-state index contributed by atoms with van der Waals surface area (Å²) in [4.78, 5) is 0. The van der Waals surface area contributed by atoms with Crippen LogP contribution in [0.4, 0.5) is 0 Å². The van der Waals surface area contributed by atoms with Crippen molar-refractivity contribution >= 4 is 0 Å². The molecule has 0 bridgehead atoms. The number of hydrogen-bond donors (Lipinski definition) is 0. The van der Waals surface area contributed by atoms with Gasteiger partial charge in [0.25, 0.3) is 0 Å². The van der Waals surface area contributed by atoms with Crippen molar-refractivity contribution in [1.29, 1.82) is 0 Å². The molecule has 0 radical (unpaired) electrons. The van der Waals surface area contributed by atoms with Crippen LogP contribution >= 0.6 is 0 Å². The molecule has 0 spiro atoms. The third-order valence-corrected chi connectivity index (χ3v) is 6.09. The summed E-state index contributed by atoms with van der Waals surface area (Å²) in [5, 5.41) is 0. The van der Waals surface area contributed by atoms with E-state index in [-0.39, 0.29) is 50.2 Å². The fourth-order valence-corrected chi connectivity index (χ4v) is 4.20. The van der Waals surface area contributed by atoms with E-state index < -0.39 is 19.5 Å². The summed E-state index contributed by atoms with van der Waals surface area (Å²) in [6.07, 6.45) is 7.67. The number of rotatable bonds is 3. The zero-order valence-corrected chi connectivity index (χ0v) is 23.0. The average molecular weight is 534 g/mol. The van der Waals surface area contributed by atoms with Crippen molar-refractivity contribution in [2.45, 2.75) is 85.0 Å². The van der Waals surface area contributed by atoms with E-state index >= 15 is 0 Å². The van der Waals surface area contributed by atoms with E-state index in [1.54, 1.807) is 0 Å². The van der Waals surface area contributed by atoms with Crippen molar-refractivity contribution in [2.24, 2.45) is 0 Å². The molecule has 1 nitrogen and oxygen atoms in total. The molecule has 1 aromatic rings. The van der Waals surface area contributed by atoms with Gasteiger partial charge in [0.15, 0.2) is 0 Å². The molecule has 0 saturated carbocycles. The molecule has 0 amide bonds. The van der Waals surface area contributed by atoms with E-state index in [2.05, 4.69) is 92.7 Å². The Morgan fingerprint density at radius 3 is 1.59 bits per heavy atom. The molecular weight excluding hydrogens is 500 g/mol. The van der Waals surface area contributed by atoms with Crippen LogP contribution in [0.2, 0.25) is 0 Å². The van der Waals surface area contributed by atoms with Gasteiger partial charge in [0.2, 0.25) is 0 Å². The van der Waals surface area contributed by atoms with Crippen LogP contribution in [0.1, 0.15) is 85.4 Å². The van der Waals surface area contributed by atoms with Crippen LogP contribution in [-0.2, 0) is 35.8 Å². The summed E-state index contributed by atoms with van der Waals surface area (Å²) in [6.45, 7) is 20.7. The second-order valence-corrected chi connectivity index (χ2v) is 11.8. The molecule has 150 valence electrons. The van der Waals surface area contributed by atoms with Gasteiger partial charge in [-0.2, -0.15) is 0 Å². The molecule has 0 atom stereocenters. The van der Waals surface area contributed by atoms with Gasteiger partial charge in [-0.3, -0.25) is 0 Å². The maximum Gasteiger partial charge on any atom is -1.00 e. The minimum Gasteiger partial charge on any atom is -1.00 e. The van der Waals surface area contributed by atoms with Crippen molar-refractivity contribution < 1.29 is 56.8 Å². The third-order valence-electron chi connectivity index (χ3n) is 4.63. The molecule has 4 heteroatoms. The Hall–Kier alpha value is 0.174. The topological polar surface area (TPSA) is 9.23 Å². The SMILES string of the molecule is CC(C)(C)c1cc(C(C)(C)C)c([O][Ti+2][C]2=CC=CC2)c(C(C)(C)C)c1.[Br-].[Br-]. The van der Waals surface area contributed by atoms with Gasteiger partial charge in [-0.25, -0.2) is 0 Å². The maximum atomic E-state index is 6.59. The van der Waals surface area contributed by atoms with Gasteiger partial charge in [0.1, 0.15) is 0 Å². The predicted octanol–water partition coefficient (Wildman–Crippen LogP) is 0.807. The Bertz CT molecular complexity index is 664. The molecule has 0 unspecified atom stereocenters. The van der Waals surface area contributed by atoms with E-state index in [4.69, 9.17) is 3.32 Å². The van der Waals surface area contributed by atoms with Crippen molar-refractivity contribution in [1.82, 2.24) is 0 Å². The second-order valence-electron chi connectivity index (χ2n) is 10.2. The third kappa shape index (κ3) is 7.17. The van der Waals surface area contributed by atoms with E-state index in [0.717, 1.165) is 12.2 Å². The fraction of sp³-hybridized carbons (Fsp3) is 0.565. The Kier molecular flexibility index (Phi) is 9.85. The minimum atomic E-state index is -0.578. The fourth-order valence-electron chi connectivity index (χ4n) is 2.93. The van der Waals surface area contributed by atoms with Gasteiger partial charge in [-0.05, 0) is 0 Å². The summed E-state index contributed by atoms with van der Waals surface area (Å²) in [5.41, 5.74) is 4.35. The van der Waals surface area contributed by atoms with Gasteiger partial charge in [0.05, 0.1) is 0 Å². The molecule has 0 saturated heterocycles. The Morgan fingerprint density at radius 2 is 1.26 bits per heavy atom. The van der Waals surface area contributed by atoms with E-state index in [1.807, 2.05) is 0 Å². The molecule has 0 aliphatic heterocycles. The summed E-state index contributed by atoms with van der Waals surface area (Å²) in [7, 11) is 0. The number of hydrogen-bond acceptors (Lipinski definition) is 1. The van der Waals surface area contributed by atoms with E-state index in [0.29, 0.717) is 0 Å². The largest absolute Gasteiger partial charge is 1.00 e. The Morgan fingerprint density at radius 1 is 0.778 bits per heavy atom. The maximum absolute atomic E-state index is 6.59. The van der Waals surface area contributed by atoms with Crippen LogP contribution < -0.4 is 37.3 Å². The van der Waals surface area contributed by atoms with Crippen LogP contribution in [0.15, 0.2) is 34.2 Å².